The maximum atomic E-state index is 5.43. The van der Waals surface area contributed by atoms with Crippen molar-refractivity contribution in [1.82, 2.24) is 5.32 Å². The largest absolute Gasteiger partial charge is 0.382 e. The Morgan fingerprint density at radius 2 is 2.06 bits per heavy atom. The van der Waals surface area contributed by atoms with Crippen molar-refractivity contribution in [3.05, 3.63) is 0 Å². The average Bonchev–Trinajstić information content (AvgIpc) is 3.05. The van der Waals surface area contributed by atoms with E-state index < -0.39 is 0 Å². The number of ether oxygens (including phenoxy) is 1. The first-order chi connectivity index (χ1) is 7.58. The molecular formula is C14H29NO. The van der Waals surface area contributed by atoms with E-state index in [1.165, 1.54) is 32.2 Å². The fraction of sp³-hybridized carbons (Fsp3) is 1.00. The lowest BCUT2D eigenvalue weighted by atomic mass is 9.80. The molecule has 0 radical (unpaired) electrons. The Morgan fingerprint density at radius 1 is 1.38 bits per heavy atom. The zero-order chi connectivity index (χ0) is 12.0. The first-order valence-corrected chi connectivity index (χ1v) is 6.89. The molecule has 0 bridgehead atoms. The molecule has 1 unspecified atom stereocenters. The minimum Gasteiger partial charge on any atom is -0.382 e. The van der Waals surface area contributed by atoms with Crippen molar-refractivity contribution in [2.24, 2.45) is 11.3 Å². The van der Waals surface area contributed by atoms with Gasteiger partial charge in [0.15, 0.2) is 0 Å². The number of rotatable bonds is 9. The molecule has 0 spiro atoms. The highest BCUT2D eigenvalue weighted by atomic mass is 16.5. The fourth-order valence-corrected chi connectivity index (χ4v) is 2.38. The molecule has 0 aromatic rings. The summed E-state index contributed by atoms with van der Waals surface area (Å²) in [5, 5.41) is 3.61. The van der Waals surface area contributed by atoms with Gasteiger partial charge in [0, 0.05) is 25.8 Å². The lowest BCUT2D eigenvalue weighted by molar-refractivity contribution is 0.123. The topological polar surface area (TPSA) is 21.3 Å². The summed E-state index contributed by atoms with van der Waals surface area (Å²) in [7, 11) is 0. The molecule has 0 heterocycles. The molecule has 0 amide bonds. The second-order valence-electron chi connectivity index (χ2n) is 5.76. The lowest BCUT2D eigenvalue weighted by Gasteiger charge is -2.31. The molecule has 16 heavy (non-hydrogen) atoms. The highest BCUT2D eigenvalue weighted by Crippen LogP contribution is 2.47. The molecule has 2 nitrogen and oxygen atoms in total. The smallest absolute Gasteiger partial charge is 0.0466 e. The Hall–Kier alpha value is -0.0800. The van der Waals surface area contributed by atoms with Crippen molar-refractivity contribution in [3.63, 3.8) is 0 Å². The van der Waals surface area contributed by atoms with Crippen LogP contribution in [0.25, 0.3) is 0 Å². The summed E-state index contributed by atoms with van der Waals surface area (Å²) in [6.45, 7) is 11.9. The summed E-state index contributed by atoms with van der Waals surface area (Å²) in [6.07, 6.45) is 5.38. The van der Waals surface area contributed by atoms with E-state index >= 15 is 0 Å². The molecule has 1 atom stereocenters. The summed E-state index contributed by atoms with van der Waals surface area (Å²) >= 11 is 0. The first-order valence-electron chi connectivity index (χ1n) is 6.89. The second kappa shape index (κ2) is 6.61. The third-order valence-electron chi connectivity index (χ3n) is 3.72. The van der Waals surface area contributed by atoms with Crippen LogP contribution in [0.2, 0.25) is 0 Å². The van der Waals surface area contributed by atoms with E-state index in [1.54, 1.807) is 0 Å². The molecule has 0 aromatic carbocycles. The van der Waals surface area contributed by atoms with Gasteiger partial charge >= 0.3 is 0 Å². The third-order valence-corrected chi connectivity index (χ3v) is 3.72. The maximum absolute atomic E-state index is 5.43. The zero-order valence-corrected chi connectivity index (χ0v) is 11.5. The molecule has 1 saturated carbocycles. The van der Waals surface area contributed by atoms with Crippen LogP contribution in [-0.2, 0) is 4.74 Å². The van der Waals surface area contributed by atoms with E-state index in [0.29, 0.717) is 11.5 Å². The van der Waals surface area contributed by atoms with Gasteiger partial charge in [-0.05, 0) is 43.9 Å². The highest BCUT2D eigenvalue weighted by molar-refractivity contribution is 4.92. The molecule has 1 aliphatic rings. The second-order valence-corrected chi connectivity index (χ2v) is 5.76. The normalized spacial score (nSPS) is 20.1. The molecule has 0 aliphatic heterocycles. The quantitative estimate of drug-likeness (QED) is 0.611. The number of hydrogen-bond acceptors (Lipinski definition) is 2. The molecule has 2 heteroatoms. The Morgan fingerprint density at radius 3 is 2.56 bits per heavy atom. The minimum atomic E-state index is 0.501. The standard InChI is InChI=1S/C14H29NO/c1-5-16-10-6-9-14(4,13-7-8-13)11-15-12(2)3/h12-13,15H,5-11H2,1-4H3. The van der Waals surface area contributed by atoms with Crippen molar-refractivity contribution in [1.29, 1.82) is 0 Å². The van der Waals surface area contributed by atoms with Crippen LogP contribution in [0.5, 0.6) is 0 Å². The van der Waals surface area contributed by atoms with Crippen LogP contribution in [0.4, 0.5) is 0 Å². The van der Waals surface area contributed by atoms with Crippen molar-refractivity contribution >= 4 is 0 Å². The maximum Gasteiger partial charge on any atom is 0.0466 e. The van der Waals surface area contributed by atoms with Gasteiger partial charge in [-0.3, -0.25) is 0 Å². The van der Waals surface area contributed by atoms with Gasteiger partial charge in [-0.15, -0.1) is 0 Å². The third kappa shape index (κ3) is 4.84. The fourth-order valence-electron chi connectivity index (χ4n) is 2.38. The number of nitrogens with one attached hydrogen (secondary N) is 1. The van der Waals surface area contributed by atoms with Crippen molar-refractivity contribution in [2.75, 3.05) is 19.8 Å². The van der Waals surface area contributed by atoms with Gasteiger partial charge in [-0.25, -0.2) is 0 Å². The van der Waals surface area contributed by atoms with E-state index in [9.17, 15) is 0 Å². The SMILES string of the molecule is CCOCCCC(C)(CNC(C)C)C1CC1. The van der Waals surface area contributed by atoms with E-state index in [2.05, 4.69) is 33.0 Å². The molecule has 1 rings (SSSR count). The number of hydrogen-bond donors (Lipinski definition) is 1. The monoisotopic (exact) mass is 227 g/mol. The Bertz CT molecular complexity index is 189. The van der Waals surface area contributed by atoms with Crippen molar-refractivity contribution in [2.45, 2.75) is 59.4 Å². The molecule has 96 valence electrons. The van der Waals surface area contributed by atoms with Crippen LogP contribution >= 0.6 is 0 Å². The minimum absolute atomic E-state index is 0.501. The lowest BCUT2D eigenvalue weighted by Crippen LogP contribution is -2.37. The van der Waals surface area contributed by atoms with Crippen LogP contribution in [0.1, 0.15) is 53.4 Å². The summed E-state index contributed by atoms with van der Waals surface area (Å²) < 4.78 is 5.43. The van der Waals surface area contributed by atoms with Gasteiger partial charge in [0.1, 0.15) is 0 Å². The van der Waals surface area contributed by atoms with Crippen LogP contribution < -0.4 is 5.32 Å². The average molecular weight is 227 g/mol. The van der Waals surface area contributed by atoms with Crippen molar-refractivity contribution in [3.8, 4) is 0 Å². The highest BCUT2D eigenvalue weighted by Gasteiger charge is 2.40. The van der Waals surface area contributed by atoms with Crippen molar-refractivity contribution < 1.29 is 4.74 Å². The van der Waals surface area contributed by atoms with Crippen LogP contribution in [0, 0.1) is 11.3 Å². The summed E-state index contributed by atoms with van der Waals surface area (Å²) in [5.74, 6) is 0.959. The Labute approximate surface area is 101 Å². The molecular weight excluding hydrogens is 198 g/mol. The van der Waals surface area contributed by atoms with Crippen LogP contribution in [0.15, 0.2) is 0 Å². The summed E-state index contributed by atoms with van der Waals surface area (Å²) in [5.41, 5.74) is 0.501. The van der Waals surface area contributed by atoms with E-state index in [0.717, 1.165) is 19.1 Å². The van der Waals surface area contributed by atoms with Gasteiger partial charge in [0.25, 0.3) is 0 Å². The van der Waals surface area contributed by atoms with Gasteiger partial charge in [-0.2, -0.15) is 0 Å². The van der Waals surface area contributed by atoms with E-state index in [1.807, 2.05) is 0 Å². The van der Waals surface area contributed by atoms with Gasteiger partial charge in [0.2, 0.25) is 0 Å². The summed E-state index contributed by atoms with van der Waals surface area (Å²) in [4.78, 5) is 0. The van der Waals surface area contributed by atoms with Crippen LogP contribution in [-0.4, -0.2) is 25.8 Å². The molecule has 0 aromatic heterocycles. The molecule has 1 fully saturated rings. The predicted molar refractivity (Wildman–Crippen MR) is 69.7 cm³/mol. The molecule has 1 aliphatic carbocycles. The Kier molecular flexibility index (Phi) is 5.77. The summed E-state index contributed by atoms with van der Waals surface area (Å²) in [6, 6.07) is 0.602. The molecule has 0 saturated heterocycles. The van der Waals surface area contributed by atoms with E-state index in [-0.39, 0.29) is 0 Å². The molecule has 1 N–H and O–H groups in total. The van der Waals surface area contributed by atoms with Gasteiger partial charge < -0.3 is 10.1 Å². The van der Waals surface area contributed by atoms with Crippen LogP contribution in [0.3, 0.4) is 0 Å². The van der Waals surface area contributed by atoms with E-state index in [4.69, 9.17) is 4.74 Å². The zero-order valence-electron chi connectivity index (χ0n) is 11.5. The van der Waals surface area contributed by atoms with Gasteiger partial charge in [0.05, 0.1) is 0 Å². The first kappa shape index (κ1) is 14.0. The predicted octanol–water partition coefficient (Wildman–Crippen LogP) is 3.22. The van der Waals surface area contributed by atoms with Gasteiger partial charge in [-0.1, -0.05) is 20.8 Å². The Balaban J connectivity index is 2.27.